The Morgan fingerprint density at radius 2 is 1.22 bits per heavy atom. The minimum atomic E-state index is -2.73. The van der Waals surface area contributed by atoms with Crippen LogP contribution >= 0.6 is 0 Å². The van der Waals surface area contributed by atoms with E-state index < -0.39 is 42.1 Å². The van der Waals surface area contributed by atoms with E-state index in [1.807, 2.05) is 6.07 Å². The van der Waals surface area contributed by atoms with Gasteiger partial charge >= 0.3 is 0 Å². The van der Waals surface area contributed by atoms with E-state index in [4.69, 9.17) is 41.7 Å². The third-order valence-corrected chi connectivity index (χ3v) is 32.2. The molecule has 0 aliphatic carbocycles. The van der Waals surface area contributed by atoms with E-state index in [1.165, 1.54) is 10.4 Å². The lowest BCUT2D eigenvalue weighted by Crippen LogP contribution is -2.67. The number of ether oxygens (including phenoxy) is 6. The van der Waals surface area contributed by atoms with Crippen molar-refractivity contribution in [3.63, 3.8) is 0 Å². The highest BCUT2D eigenvalue weighted by molar-refractivity contribution is 6.99. The largest absolute Gasteiger partial charge is 0.411 e. The van der Waals surface area contributed by atoms with Crippen molar-refractivity contribution < 1.29 is 41.7 Å². The molecule has 12 heteroatoms. The molecule has 400 valence electrons. The van der Waals surface area contributed by atoms with Crippen molar-refractivity contribution in [1.29, 1.82) is 0 Å². The van der Waals surface area contributed by atoms with Gasteiger partial charge in [0.1, 0.15) is 18.8 Å². The van der Waals surface area contributed by atoms with Crippen molar-refractivity contribution >= 4 is 35.3 Å². The molecule has 5 aliphatic heterocycles. The summed E-state index contributed by atoms with van der Waals surface area (Å²) in [6, 6.07) is 32.3. The van der Waals surface area contributed by atoms with E-state index in [0.29, 0.717) is 26.2 Å². The minimum absolute atomic E-state index is 0.000866. The second-order valence-electron chi connectivity index (χ2n) is 27.2. The topological polar surface area (TPSA) is 83.1 Å². The molecule has 9 nitrogen and oxygen atoms in total. The number of hydrogen-bond donors (Lipinski definition) is 0. The lowest BCUT2D eigenvalue weighted by Gasteiger charge is -2.48. The molecule has 3 aromatic carbocycles. The van der Waals surface area contributed by atoms with E-state index in [2.05, 4.69) is 194 Å². The second kappa shape index (κ2) is 20.7. The summed E-state index contributed by atoms with van der Waals surface area (Å²) >= 11 is 0. The van der Waals surface area contributed by atoms with Gasteiger partial charge in [0.25, 0.3) is 8.32 Å². The Morgan fingerprint density at radius 3 is 1.81 bits per heavy atom. The Labute approximate surface area is 438 Å². The summed E-state index contributed by atoms with van der Waals surface area (Å²) < 4.78 is 65.9. The van der Waals surface area contributed by atoms with Crippen LogP contribution in [0.5, 0.6) is 0 Å². The van der Waals surface area contributed by atoms with Gasteiger partial charge in [-0.2, -0.15) is 0 Å². The van der Waals surface area contributed by atoms with Gasteiger partial charge in [-0.25, -0.2) is 0 Å². The first kappa shape index (κ1) is 56.2. The molecule has 8 rings (SSSR count). The van der Waals surface area contributed by atoms with Crippen LogP contribution in [0.15, 0.2) is 91.0 Å². The molecule has 1 spiro atoms. The Bertz CT molecular complexity index is 2210. The maximum absolute atomic E-state index is 7.73. The lowest BCUT2D eigenvalue weighted by atomic mass is 9.88. The van der Waals surface area contributed by atoms with Gasteiger partial charge in [-0.05, 0) is 96.8 Å². The lowest BCUT2D eigenvalue weighted by molar-refractivity contribution is -0.344. The maximum atomic E-state index is 7.73. The molecule has 72 heavy (non-hydrogen) atoms. The summed E-state index contributed by atoms with van der Waals surface area (Å²) in [5, 5.41) is 2.45. The first-order chi connectivity index (χ1) is 33.5. The fourth-order valence-corrected chi connectivity index (χ4v) is 19.5. The third kappa shape index (κ3) is 11.6. The van der Waals surface area contributed by atoms with Crippen LogP contribution in [0.2, 0.25) is 41.3 Å². The normalized spacial score (nSPS) is 32.6. The van der Waals surface area contributed by atoms with Gasteiger partial charge in [-0.3, -0.25) is 0 Å². The fraction of sp³-hybridized carbons (Fsp3) is 0.700. The van der Waals surface area contributed by atoms with Crippen molar-refractivity contribution in [2.75, 3.05) is 13.2 Å². The summed E-state index contributed by atoms with van der Waals surface area (Å²) in [6.07, 6.45) is 6.14. The number of fused-ring (bicyclic) bond motifs is 2. The minimum Gasteiger partial charge on any atom is -0.411 e. The van der Waals surface area contributed by atoms with Crippen molar-refractivity contribution in [3.05, 3.63) is 96.6 Å². The molecule has 0 radical (unpaired) electrons. The molecule has 5 fully saturated rings. The number of benzene rings is 3. The standard InChI is InChI=1S/C60H94O9Si3/c1-44(41-62-72(56(8,9)10,46-29-22-18-23-30-46)47-31-24-19-25-32-47)48-33-26-35-59(63-48)36-34-49(64-59)53(68-71(15,16)55(5,6)7)58(12)40-51(67-70(13,14)54(2,3)4)52(66-58)50-39-57(11)37-38-60(65-50,69-57)43-61-42-45-27-20-17-21-28-45/h17-25,27-32,44,48-53H,26,33-43H2,1-16H3/t44-,48-,49+,50+,51+,52+,53-,57-,58+,59-,60-/m0/s1. The van der Waals surface area contributed by atoms with E-state index in [-0.39, 0.29) is 63.3 Å². The van der Waals surface area contributed by atoms with E-state index >= 15 is 0 Å². The summed E-state index contributed by atoms with van der Waals surface area (Å²) in [7, 11) is -7.42. The van der Waals surface area contributed by atoms with E-state index in [9.17, 15) is 0 Å². The fourth-order valence-electron chi connectivity index (χ4n) is 12.1. The Balaban J connectivity index is 1.05. The Morgan fingerprint density at radius 1 is 0.639 bits per heavy atom. The summed E-state index contributed by atoms with van der Waals surface area (Å²) in [6.45, 7) is 38.8. The van der Waals surface area contributed by atoms with Crippen LogP contribution in [0.4, 0.5) is 0 Å². The van der Waals surface area contributed by atoms with Crippen LogP contribution in [0.1, 0.15) is 146 Å². The van der Waals surface area contributed by atoms with Crippen LogP contribution in [0.3, 0.4) is 0 Å². The molecule has 0 N–H and O–H groups in total. The molecule has 0 aromatic heterocycles. The van der Waals surface area contributed by atoms with Gasteiger partial charge in [-0.15, -0.1) is 0 Å². The Kier molecular flexibility index (Phi) is 16.2. The zero-order valence-electron chi connectivity index (χ0n) is 47.4. The van der Waals surface area contributed by atoms with Crippen LogP contribution in [0, 0.1) is 5.92 Å². The predicted molar refractivity (Wildman–Crippen MR) is 297 cm³/mol. The Hall–Kier alpha value is -2.05. The first-order valence-electron chi connectivity index (χ1n) is 27.7. The molecule has 2 bridgehead atoms. The van der Waals surface area contributed by atoms with Crippen molar-refractivity contribution in [3.8, 4) is 0 Å². The molecule has 3 aromatic rings. The van der Waals surface area contributed by atoms with Crippen LogP contribution in [-0.4, -0.2) is 97.6 Å². The molecule has 5 saturated heterocycles. The molecule has 0 unspecified atom stereocenters. The first-order valence-corrected chi connectivity index (χ1v) is 35.4. The number of rotatable bonds is 17. The SMILES string of the molecule is C[C@@H](CO[Si](c1ccccc1)(c1ccccc1)C(C)(C)C)[C@@H]1CCC[C@]2(CC[C@H]([C@H](O[Si](C)(C)C(C)(C)C)[C@@]3(C)C[C@@H](O[Si](C)(C)C(C)(C)C)[C@@H]([C@H]4C[C@]5(C)CC[C@](COCc6ccccc6)(O4)O5)O3)O2)O1. The molecule has 5 aliphatic rings. The average molecular weight is 1040 g/mol. The highest BCUT2D eigenvalue weighted by Crippen LogP contribution is 2.54. The van der Waals surface area contributed by atoms with E-state index in [0.717, 1.165) is 56.9 Å². The van der Waals surface area contributed by atoms with Gasteiger partial charge in [-0.1, -0.05) is 160 Å². The monoisotopic (exact) mass is 1040 g/mol. The molecular formula is C60H94O9Si3. The molecule has 11 atom stereocenters. The zero-order chi connectivity index (χ0) is 52.2. The molecule has 0 saturated carbocycles. The molecule has 0 amide bonds. The highest BCUT2D eigenvalue weighted by Gasteiger charge is 2.64. The van der Waals surface area contributed by atoms with Crippen molar-refractivity contribution in [2.45, 2.75) is 248 Å². The average Bonchev–Trinajstić information content (AvgIpc) is 3.94. The number of hydrogen-bond acceptors (Lipinski definition) is 9. The highest BCUT2D eigenvalue weighted by atomic mass is 28.4. The third-order valence-electron chi connectivity index (χ3n) is 18.3. The van der Waals surface area contributed by atoms with Gasteiger partial charge in [0, 0.05) is 44.6 Å². The van der Waals surface area contributed by atoms with Crippen molar-refractivity contribution in [1.82, 2.24) is 0 Å². The smallest absolute Gasteiger partial charge is 0.261 e. The summed E-state index contributed by atoms with van der Waals surface area (Å²) in [4.78, 5) is 0. The zero-order valence-corrected chi connectivity index (χ0v) is 50.4. The second-order valence-corrected chi connectivity index (χ2v) is 41.0. The molecular weight excluding hydrogens is 949 g/mol. The van der Waals surface area contributed by atoms with Crippen LogP contribution in [0.25, 0.3) is 0 Å². The van der Waals surface area contributed by atoms with Gasteiger partial charge in [0.15, 0.2) is 28.2 Å². The maximum Gasteiger partial charge on any atom is 0.261 e. The molecule has 5 heterocycles. The van der Waals surface area contributed by atoms with E-state index in [1.54, 1.807) is 0 Å². The van der Waals surface area contributed by atoms with Gasteiger partial charge in [0.2, 0.25) is 0 Å². The predicted octanol–water partition coefficient (Wildman–Crippen LogP) is 13.2. The quantitative estimate of drug-likeness (QED) is 0.123. The van der Waals surface area contributed by atoms with Gasteiger partial charge < -0.3 is 41.7 Å². The summed E-state index contributed by atoms with van der Waals surface area (Å²) in [5.41, 5.74) is 0.0252. The summed E-state index contributed by atoms with van der Waals surface area (Å²) in [5.74, 6) is -1.41. The van der Waals surface area contributed by atoms with Gasteiger partial charge in [0.05, 0.1) is 42.2 Å². The van der Waals surface area contributed by atoms with Crippen LogP contribution < -0.4 is 10.4 Å². The van der Waals surface area contributed by atoms with Crippen LogP contribution in [-0.2, 0) is 48.3 Å². The van der Waals surface area contributed by atoms with Crippen molar-refractivity contribution in [2.24, 2.45) is 5.92 Å².